The Morgan fingerprint density at radius 3 is 2.60 bits per heavy atom. The van der Waals surface area contributed by atoms with Gasteiger partial charge in [-0.3, -0.25) is 15.5 Å². The van der Waals surface area contributed by atoms with Crippen molar-refractivity contribution in [2.45, 2.75) is 13.5 Å². The SMILES string of the molecule is CCOc1cc(/C=N/Nc2ccc([N+](=O)[O-])cn2)ccc1OCc1ccc(Cl)cc1. The van der Waals surface area contributed by atoms with E-state index in [1.54, 1.807) is 6.21 Å². The number of nitro groups is 1. The fraction of sp³-hybridized carbons (Fsp3) is 0.143. The van der Waals surface area contributed by atoms with Crippen LogP contribution >= 0.6 is 11.6 Å². The molecule has 8 nitrogen and oxygen atoms in total. The Morgan fingerprint density at radius 2 is 1.93 bits per heavy atom. The zero-order chi connectivity index (χ0) is 21.3. The lowest BCUT2D eigenvalue weighted by molar-refractivity contribution is -0.385. The van der Waals surface area contributed by atoms with Crippen molar-refractivity contribution in [2.24, 2.45) is 5.10 Å². The minimum Gasteiger partial charge on any atom is -0.490 e. The summed E-state index contributed by atoms with van der Waals surface area (Å²) in [4.78, 5) is 14.1. The summed E-state index contributed by atoms with van der Waals surface area (Å²) in [7, 11) is 0. The van der Waals surface area contributed by atoms with Gasteiger partial charge in [0.2, 0.25) is 0 Å². The summed E-state index contributed by atoms with van der Waals surface area (Å²) in [5.41, 5.74) is 4.42. The molecule has 0 fully saturated rings. The molecule has 0 bridgehead atoms. The number of nitrogens with one attached hydrogen (secondary N) is 1. The zero-order valence-corrected chi connectivity index (χ0v) is 16.9. The van der Waals surface area contributed by atoms with E-state index < -0.39 is 4.92 Å². The molecule has 0 aliphatic rings. The lowest BCUT2D eigenvalue weighted by Crippen LogP contribution is -2.01. The maximum atomic E-state index is 10.7. The monoisotopic (exact) mass is 426 g/mol. The minimum atomic E-state index is -0.508. The average Bonchev–Trinajstić information content (AvgIpc) is 2.75. The molecular weight excluding hydrogens is 408 g/mol. The Bertz CT molecular complexity index is 1020. The van der Waals surface area contributed by atoms with E-state index in [1.165, 1.54) is 12.1 Å². The van der Waals surface area contributed by atoms with Gasteiger partial charge >= 0.3 is 0 Å². The summed E-state index contributed by atoms with van der Waals surface area (Å²) in [5.74, 6) is 1.61. The number of rotatable bonds is 9. The van der Waals surface area contributed by atoms with Crippen molar-refractivity contribution in [3.05, 3.63) is 87.1 Å². The summed E-state index contributed by atoms with van der Waals surface area (Å²) in [5, 5.41) is 15.4. The van der Waals surface area contributed by atoms with Crippen LogP contribution in [0.5, 0.6) is 11.5 Å². The van der Waals surface area contributed by atoms with Crippen LogP contribution in [0.4, 0.5) is 11.5 Å². The lowest BCUT2D eigenvalue weighted by Gasteiger charge is -2.12. The molecule has 0 aliphatic carbocycles. The Labute approximate surface area is 178 Å². The van der Waals surface area contributed by atoms with Crippen LogP contribution in [0.25, 0.3) is 0 Å². The van der Waals surface area contributed by atoms with Crippen LogP contribution < -0.4 is 14.9 Å². The number of anilines is 1. The first kappa shape index (κ1) is 21.1. The van der Waals surface area contributed by atoms with Crippen LogP contribution in [0, 0.1) is 10.1 Å². The molecule has 1 aromatic heterocycles. The molecule has 3 aromatic rings. The van der Waals surface area contributed by atoms with Crippen LogP contribution in [0.2, 0.25) is 5.02 Å². The van der Waals surface area contributed by atoms with Crippen LogP contribution in [0.1, 0.15) is 18.1 Å². The molecule has 0 spiro atoms. The maximum Gasteiger partial charge on any atom is 0.287 e. The molecule has 0 radical (unpaired) electrons. The van der Waals surface area contributed by atoms with Crippen molar-refractivity contribution < 1.29 is 14.4 Å². The summed E-state index contributed by atoms with van der Waals surface area (Å²) in [6.45, 7) is 2.77. The van der Waals surface area contributed by atoms with Crippen molar-refractivity contribution in [3.8, 4) is 11.5 Å². The van der Waals surface area contributed by atoms with Crippen molar-refractivity contribution in [3.63, 3.8) is 0 Å². The molecule has 3 rings (SSSR count). The van der Waals surface area contributed by atoms with Crippen LogP contribution in [0.15, 0.2) is 65.9 Å². The predicted molar refractivity (Wildman–Crippen MR) is 116 cm³/mol. The Kier molecular flexibility index (Phi) is 7.18. The number of benzene rings is 2. The van der Waals surface area contributed by atoms with E-state index in [2.05, 4.69) is 15.5 Å². The second-order valence-corrected chi connectivity index (χ2v) is 6.52. The van der Waals surface area contributed by atoms with E-state index >= 15 is 0 Å². The highest BCUT2D eigenvalue weighted by atomic mass is 35.5. The zero-order valence-electron chi connectivity index (χ0n) is 16.1. The third-order valence-corrected chi connectivity index (χ3v) is 4.18. The number of hydrazone groups is 1. The van der Waals surface area contributed by atoms with Gasteiger partial charge in [-0.2, -0.15) is 5.10 Å². The molecule has 0 amide bonds. The molecule has 0 unspecified atom stereocenters. The molecular formula is C21H19ClN4O4. The van der Waals surface area contributed by atoms with Gasteiger partial charge in [0.15, 0.2) is 11.5 Å². The summed E-state index contributed by atoms with van der Waals surface area (Å²) in [6, 6.07) is 15.7. The highest BCUT2D eigenvalue weighted by Gasteiger charge is 2.07. The first-order valence-corrected chi connectivity index (χ1v) is 9.46. The molecule has 30 heavy (non-hydrogen) atoms. The van der Waals surface area contributed by atoms with Crippen molar-refractivity contribution in [1.82, 2.24) is 4.98 Å². The number of aromatic nitrogens is 1. The van der Waals surface area contributed by atoms with Crippen molar-refractivity contribution in [2.75, 3.05) is 12.0 Å². The van der Waals surface area contributed by atoms with Gasteiger partial charge in [-0.05, 0) is 54.4 Å². The number of hydrogen-bond donors (Lipinski definition) is 1. The van der Waals surface area contributed by atoms with E-state index in [9.17, 15) is 10.1 Å². The highest BCUT2D eigenvalue weighted by Crippen LogP contribution is 2.29. The predicted octanol–water partition coefficient (Wildman–Crippen LogP) is 5.07. The first-order chi connectivity index (χ1) is 14.5. The molecule has 2 aromatic carbocycles. The summed E-state index contributed by atoms with van der Waals surface area (Å²) in [6.07, 6.45) is 2.76. The molecule has 0 saturated heterocycles. The molecule has 1 N–H and O–H groups in total. The fourth-order valence-corrected chi connectivity index (χ4v) is 2.59. The number of hydrogen-bond acceptors (Lipinski definition) is 7. The van der Waals surface area contributed by atoms with Gasteiger partial charge in [-0.25, -0.2) is 4.98 Å². The quantitative estimate of drug-likeness (QED) is 0.291. The smallest absolute Gasteiger partial charge is 0.287 e. The Balaban J connectivity index is 1.65. The largest absolute Gasteiger partial charge is 0.490 e. The second-order valence-electron chi connectivity index (χ2n) is 6.08. The number of halogens is 1. The topological polar surface area (TPSA) is 98.9 Å². The number of nitrogens with zero attached hydrogens (tertiary/aromatic N) is 3. The number of ether oxygens (including phenoxy) is 2. The van der Waals surface area contributed by atoms with Crippen LogP contribution in [-0.2, 0) is 6.61 Å². The maximum absolute atomic E-state index is 10.7. The molecule has 1 heterocycles. The number of pyridine rings is 1. The molecule has 154 valence electrons. The molecule has 9 heteroatoms. The fourth-order valence-electron chi connectivity index (χ4n) is 2.47. The third kappa shape index (κ3) is 5.92. The summed E-state index contributed by atoms with van der Waals surface area (Å²) >= 11 is 5.90. The minimum absolute atomic E-state index is 0.0833. The van der Waals surface area contributed by atoms with Crippen molar-refractivity contribution in [1.29, 1.82) is 0 Å². The Hall–Kier alpha value is -3.65. The van der Waals surface area contributed by atoms with Gasteiger partial charge in [-0.1, -0.05) is 23.7 Å². The van der Waals surface area contributed by atoms with E-state index in [-0.39, 0.29) is 5.69 Å². The van der Waals surface area contributed by atoms with Gasteiger partial charge in [0, 0.05) is 11.1 Å². The van der Waals surface area contributed by atoms with Gasteiger partial charge in [0.05, 0.1) is 17.7 Å². The normalized spacial score (nSPS) is 10.7. The van der Waals surface area contributed by atoms with E-state index in [4.69, 9.17) is 21.1 Å². The molecule has 0 saturated carbocycles. The van der Waals surface area contributed by atoms with E-state index in [0.29, 0.717) is 35.6 Å². The van der Waals surface area contributed by atoms with Crippen LogP contribution in [-0.4, -0.2) is 22.7 Å². The van der Waals surface area contributed by atoms with E-state index in [1.807, 2.05) is 49.4 Å². The Morgan fingerprint density at radius 1 is 1.13 bits per heavy atom. The van der Waals surface area contributed by atoms with Crippen molar-refractivity contribution >= 4 is 29.3 Å². The molecule has 0 atom stereocenters. The summed E-state index contributed by atoms with van der Waals surface area (Å²) < 4.78 is 11.6. The average molecular weight is 427 g/mol. The van der Waals surface area contributed by atoms with Gasteiger partial charge in [0.25, 0.3) is 5.69 Å². The first-order valence-electron chi connectivity index (χ1n) is 9.09. The second kappa shape index (κ2) is 10.2. The third-order valence-electron chi connectivity index (χ3n) is 3.93. The molecule has 0 aliphatic heterocycles. The van der Waals surface area contributed by atoms with Gasteiger partial charge < -0.3 is 9.47 Å². The van der Waals surface area contributed by atoms with Crippen LogP contribution in [0.3, 0.4) is 0 Å². The standard InChI is InChI=1S/C21H19ClN4O4/c1-2-29-20-11-16(12-24-25-21-10-8-18(13-23-21)26(27)28)5-9-19(20)30-14-15-3-6-17(22)7-4-15/h3-13H,2,14H2,1H3,(H,23,25)/b24-12+. The van der Waals surface area contributed by atoms with Gasteiger partial charge in [0.1, 0.15) is 18.6 Å². The van der Waals surface area contributed by atoms with E-state index in [0.717, 1.165) is 17.3 Å². The van der Waals surface area contributed by atoms with Gasteiger partial charge in [-0.15, -0.1) is 0 Å². The highest BCUT2D eigenvalue weighted by molar-refractivity contribution is 6.30. The lowest BCUT2D eigenvalue weighted by atomic mass is 10.2.